The Hall–Kier alpha value is -3.57. The second kappa shape index (κ2) is 8.89. The van der Waals surface area contributed by atoms with Gasteiger partial charge in [-0.1, -0.05) is 6.07 Å². The van der Waals surface area contributed by atoms with Gasteiger partial charge in [-0.2, -0.15) is 0 Å². The number of nitrogens with one attached hydrogen (secondary N) is 3. The van der Waals surface area contributed by atoms with Crippen molar-refractivity contribution in [3.8, 4) is 10.4 Å². The maximum atomic E-state index is 14.8. The lowest BCUT2D eigenvalue weighted by Gasteiger charge is -2.18. The van der Waals surface area contributed by atoms with E-state index in [0.29, 0.717) is 11.5 Å². The number of hydrogen-bond acceptors (Lipinski definition) is 7. The summed E-state index contributed by atoms with van der Waals surface area (Å²) in [7, 11) is 0. The van der Waals surface area contributed by atoms with Crippen LogP contribution < -0.4 is 11.1 Å². The van der Waals surface area contributed by atoms with Crippen LogP contribution in [0.15, 0.2) is 41.5 Å². The van der Waals surface area contributed by atoms with Crippen LogP contribution in [0.5, 0.6) is 0 Å². The van der Waals surface area contributed by atoms with E-state index in [9.17, 15) is 18.7 Å². The maximum absolute atomic E-state index is 14.8. The minimum Gasteiger partial charge on any atom is -0.386 e. The Labute approximate surface area is 186 Å². The van der Waals surface area contributed by atoms with E-state index in [2.05, 4.69) is 15.4 Å². The van der Waals surface area contributed by atoms with Gasteiger partial charge in [0.2, 0.25) is 0 Å². The largest absolute Gasteiger partial charge is 0.386 e. The highest BCUT2D eigenvalue weighted by atomic mass is 32.1. The molecular weight excluding hydrogens is 438 g/mol. The van der Waals surface area contributed by atoms with Gasteiger partial charge >= 0.3 is 0 Å². The third-order valence-electron chi connectivity index (χ3n) is 4.52. The number of aromatic nitrogens is 1. The van der Waals surface area contributed by atoms with E-state index in [4.69, 9.17) is 16.7 Å². The van der Waals surface area contributed by atoms with Crippen molar-refractivity contribution >= 4 is 33.9 Å². The summed E-state index contributed by atoms with van der Waals surface area (Å²) >= 11 is 0.917. The predicted molar refractivity (Wildman–Crippen MR) is 118 cm³/mol. The summed E-state index contributed by atoms with van der Waals surface area (Å²) in [6.07, 6.45) is 0.0430. The van der Waals surface area contributed by atoms with Crippen LogP contribution in [0.3, 0.4) is 0 Å². The average Bonchev–Trinajstić information content (AvgIpc) is 3.10. The fourth-order valence-electron chi connectivity index (χ4n) is 2.93. The van der Waals surface area contributed by atoms with Crippen LogP contribution in [0.4, 0.5) is 19.6 Å². The predicted octanol–water partition coefficient (Wildman–Crippen LogP) is 4.71. The summed E-state index contributed by atoms with van der Waals surface area (Å²) in [6.45, 7) is 2.83. The average molecular weight is 458 g/mol. The molecule has 1 aromatic carbocycles. The first-order chi connectivity index (χ1) is 15.0. The van der Waals surface area contributed by atoms with Crippen LogP contribution in [-0.4, -0.2) is 21.8 Å². The van der Waals surface area contributed by atoms with Crippen molar-refractivity contribution in [1.82, 2.24) is 4.98 Å². The molecule has 32 heavy (non-hydrogen) atoms. The third kappa shape index (κ3) is 5.01. The standard InChI is InChI=1S/C21H20F2N6O2S/c1-21(2,31)10-6-13(22)18(14(23)7-10)15-9-12(19(25)30)20(32-15)28-17-5-3-4-11(27-17)8-16(24)29-26/h3-7,9,24,26,31H,8H2,1-2H3,(H2,25,30)(H,27,28). The van der Waals surface area contributed by atoms with Gasteiger partial charge < -0.3 is 16.2 Å². The lowest BCUT2D eigenvalue weighted by Crippen LogP contribution is -2.16. The smallest absolute Gasteiger partial charge is 0.251 e. The first-order valence-corrected chi connectivity index (χ1v) is 10.1. The minimum atomic E-state index is -1.43. The molecule has 0 aliphatic carbocycles. The second-order valence-corrected chi connectivity index (χ2v) is 8.52. The van der Waals surface area contributed by atoms with Gasteiger partial charge in [0.1, 0.15) is 28.3 Å². The molecular formula is C21H20F2N6O2S. The van der Waals surface area contributed by atoms with Crippen molar-refractivity contribution in [2.45, 2.75) is 25.9 Å². The fraction of sp³-hybridized carbons (Fsp3) is 0.190. The summed E-state index contributed by atoms with van der Waals surface area (Å²) in [5.41, 5.74) is 11.1. The molecule has 0 atom stereocenters. The molecule has 0 spiro atoms. The molecule has 3 aromatic rings. The number of nitrogens with two attached hydrogens (primary N) is 1. The first-order valence-electron chi connectivity index (χ1n) is 9.33. The SMILES string of the molecule is CC(C)(O)c1cc(F)c(-c2cc(C(N)=O)c(Nc3cccc(CC(=N)N=N)n3)s2)c(F)c1. The van der Waals surface area contributed by atoms with Gasteiger partial charge in [0.15, 0.2) is 0 Å². The number of nitrogens with zero attached hydrogens (tertiary/aromatic N) is 2. The molecule has 0 radical (unpaired) electrons. The van der Waals surface area contributed by atoms with E-state index in [1.54, 1.807) is 18.2 Å². The Balaban J connectivity index is 2.01. The fourth-order valence-corrected chi connectivity index (χ4v) is 4.05. The Kier molecular flexibility index (Phi) is 6.42. The number of halogens is 2. The summed E-state index contributed by atoms with van der Waals surface area (Å²) in [6, 6.07) is 8.30. The maximum Gasteiger partial charge on any atom is 0.251 e. The van der Waals surface area contributed by atoms with Gasteiger partial charge in [-0.15, -0.1) is 16.5 Å². The number of amides is 1. The quantitative estimate of drug-likeness (QED) is 0.198. The number of primary amides is 1. The van der Waals surface area contributed by atoms with Gasteiger partial charge in [-0.25, -0.2) is 19.3 Å². The van der Waals surface area contributed by atoms with Crippen LogP contribution >= 0.6 is 11.3 Å². The summed E-state index contributed by atoms with van der Waals surface area (Å²) in [4.78, 5) is 16.4. The zero-order valence-electron chi connectivity index (χ0n) is 17.2. The molecule has 0 aliphatic rings. The lowest BCUT2D eigenvalue weighted by molar-refractivity contribution is 0.0778. The third-order valence-corrected chi connectivity index (χ3v) is 5.59. The Morgan fingerprint density at radius 1 is 1.28 bits per heavy atom. The van der Waals surface area contributed by atoms with Crippen molar-refractivity contribution in [2.75, 3.05) is 5.32 Å². The molecule has 0 saturated carbocycles. The number of rotatable bonds is 7. The monoisotopic (exact) mass is 458 g/mol. The van der Waals surface area contributed by atoms with Crippen LogP contribution in [0.25, 0.3) is 10.4 Å². The highest BCUT2D eigenvalue weighted by Gasteiger charge is 2.24. The van der Waals surface area contributed by atoms with E-state index in [0.717, 1.165) is 23.5 Å². The van der Waals surface area contributed by atoms with Gasteiger partial charge in [-0.05, 0) is 49.7 Å². The molecule has 6 N–H and O–H groups in total. The van der Waals surface area contributed by atoms with E-state index in [1.807, 2.05) is 0 Å². The highest BCUT2D eigenvalue weighted by Crippen LogP contribution is 2.40. The van der Waals surface area contributed by atoms with E-state index in [1.165, 1.54) is 19.9 Å². The number of hydrogen-bond donors (Lipinski definition) is 5. The number of carbonyl (C=O) groups is 1. The van der Waals surface area contributed by atoms with Gasteiger partial charge in [0, 0.05) is 4.88 Å². The molecule has 2 aromatic heterocycles. The van der Waals surface area contributed by atoms with Gasteiger partial charge in [0.05, 0.1) is 28.8 Å². The van der Waals surface area contributed by atoms with Gasteiger partial charge in [0.25, 0.3) is 5.91 Å². The zero-order chi connectivity index (χ0) is 23.6. The summed E-state index contributed by atoms with van der Waals surface area (Å²) in [5.74, 6) is -2.43. The number of thiophene rings is 1. The first kappa shape index (κ1) is 23.1. The molecule has 166 valence electrons. The molecule has 0 aliphatic heterocycles. The van der Waals surface area contributed by atoms with Crippen molar-refractivity contribution < 1.29 is 18.7 Å². The minimum absolute atomic E-state index is 0.0245. The normalized spacial score (nSPS) is 11.3. The number of carbonyl (C=O) groups excluding carboxylic acids is 1. The van der Waals surface area contributed by atoms with Crippen molar-refractivity contribution in [2.24, 2.45) is 10.8 Å². The number of aliphatic hydroxyl groups is 1. The molecule has 11 heteroatoms. The molecule has 0 saturated heterocycles. The molecule has 0 bridgehead atoms. The Morgan fingerprint density at radius 2 is 1.94 bits per heavy atom. The number of benzene rings is 1. The molecule has 8 nitrogen and oxygen atoms in total. The summed E-state index contributed by atoms with van der Waals surface area (Å²) < 4.78 is 29.5. The van der Waals surface area contributed by atoms with E-state index >= 15 is 0 Å². The van der Waals surface area contributed by atoms with Crippen LogP contribution in [0, 0.1) is 22.6 Å². The zero-order valence-corrected chi connectivity index (χ0v) is 18.0. The molecule has 3 rings (SSSR count). The molecule has 0 unspecified atom stereocenters. The molecule has 0 fully saturated rings. The molecule has 1 amide bonds. The topological polar surface area (TPSA) is 148 Å². The van der Waals surface area contributed by atoms with E-state index in [-0.39, 0.29) is 38.8 Å². The van der Waals surface area contributed by atoms with Crippen molar-refractivity contribution in [1.29, 1.82) is 10.9 Å². The number of amidine groups is 1. The highest BCUT2D eigenvalue weighted by molar-refractivity contribution is 7.20. The Morgan fingerprint density at radius 3 is 2.50 bits per heavy atom. The number of pyridine rings is 1. The van der Waals surface area contributed by atoms with Crippen molar-refractivity contribution in [3.63, 3.8) is 0 Å². The van der Waals surface area contributed by atoms with Crippen LogP contribution in [-0.2, 0) is 12.0 Å². The van der Waals surface area contributed by atoms with E-state index < -0.39 is 23.1 Å². The van der Waals surface area contributed by atoms with Gasteiger partial charge in [-0.3, -0.25) is 10.2 Å². The second-order valence-electron chi connectivity index (χ2n) is 7.47. The number of anilines is 2. The van der Waals surface area contributed by atoms with Crippen molar-refractivity contribution in [3.05, 3.63) is 64.9 Å². The Bertz CT molecular complexity index is 1200. The van der Waals surface area contributed by atoms with Crippen LogP contribution in [0.1, 0.15) is 35.5 Å². The summed E-state index contributed by atoms with van der Waals surface area (Å²) in [5, 5.41) is 23.7. The lowest BCUT2D eigenvalue weighted by atomic mass is 9.96. The molecule has 2 heterocycles. The van der Waals surface area contributed by atoms with Crippen LogP contribution in [0.2, 0.25) is 0 Å².